The van der Waals surface area contributed by atoms with Crippen molar-refractivity contribution in [3.05, 3.63) is 126 Å². The van der Waals surface area contributed by atoms with Crippen molar-refractivity contribution in [1.82, 2.24) is 0 Å². The summed E-state index contributed by atoms with van der Waals surface area (Å²) >= 11 is 0. The van der Waals surface area contributed by atoms with Gasteiger partial charge in [0, 0.05) is 17.4 Å². The minimum atomic E-state index is -0.321. The van der Waals surface area contributed by atoms with Gasteiger partial charge in [0.05, 0.1) is 41.7 Å². The summed E-state index contributed by atoms with van der Waals surface area (Å²) in [7, 11) is 3.24. The fraction of sp³-hybridized carbons (Fsp3) is 0.308. The van der Waals surface area contributed by atoms with Gasteiger partial charge in [-0.3, -0.25) is 9.59 Å². The quantitative estimate of drug-likeness (QED) is 0.226. The number of rotatable bonds is 6. The van der Waals surface area contributed by atoms with E-state index < -0.39 is 0 Å². The van der Waals surface area contributed by atoms with Crippen molar-refractivity contribution in [2.75, 3.05) is 14.2 Å². The fourth-order valence-corrected chi connectivity index (χ4v) is 5.39. The molecule has 6 heteroatoms. The highest BCUT2D eigenvalue weighted by molar-refractivity contribution is 5.73. The Morgan fingerprint density at radius 1 is 0.800 bits per heavy atom. The van der Waals surface area contributed by atoms with Gasteiger partial charge in [-0.25, -0.2) is 4.42 Å². The molecule has 1 aliphatic rings. The lowest BCUT2D eigenvalue weighted by atomic mass is 9.88. The monoisotopic (exact) mass is 605 g/mol. The first-order valence-corrected chi connectivity index (χ1v) is 15.1. The molecule has 1 aliphatic heterocycles. The molecule has 0 amide bonds. The molecule has 5 rings (SSSR count). The summed E-state index contributed by atoms with van der Waals surface area (Å²) in [5.41, 5.74) is 1.81. The molecule has 0 radical (unpaired) electrons. The smallest absolute Gasteiger partial charge is 0.364 e. The van der Waals surface area contributed by atoms with Crippen LogP contribution in [0.15, 0.2) is 92.6 Å². The molecule has 45 heavy (non-hydrogen) atoms. The Labute approximate surface area is 264 Å². The van der Waals surface area contributed by atoms with Crippen LogP contribution in [0.4, 0.5) is 0 Å². The van der Waals surface area contributed by atoms with Gasteiger partial charge in [-0.2, -0.15) is 0 Å². The number of para-hydroxylation sites is 2. The van der Waals surface area contributed by atoms with E-state index in [9.17, 15) is 9.59 Å². The molecule has 1 unspecified atom stereocenters. The Balaban J connectivity index is 1.65. The van der Waals surface area contributed by atoms with E-state index in [4.69, 9.17) is 18.6 Å². The lowest BCUT2D eigenvalue weighted by Crippen LogP contribution is -2.65. The molecular formula is C39H41O6+. The molecule has 6 nitrogen and oxygen atoms in total. The molecule has 2 heterocycles. The van der Waals surface area contributed by atoms with Gasteiger partial charge in [-0.05, 0) is 75.2 Å². The maximum atomic E-state index is 13.6. The average molecular weight is 606 g/mol. The maximum absolute atomic E-state index is 13.6. The van der Waals surface area contributed by atoms with Crippen LogP contribution >= 0.6 is 0 Å². The van der Waals surface area contributed by atoms with E-state index in [1.165, 1.54) is 0 Å². The average Bonchev–Trinajstić information content (AvgIpc) is 3.02. The Hall–Kier alpha value is -4.71. The number of ether oxygens (including phenoxy) is 3. The summed E-state index contributed by atoms with van der Waals surface area (Å²) in [4.78, 5) is 27.3. The van der Waals surface area contributed by atoms with Crippen molar-refractivity contribution in [1.29, 1.82) is 0 Å². The summed E-state index contributed by atoms with van der Waals surface area (Å²) in [5.74, 6) is 3.73. The van der Waals surface area contributed by atoms with Gasteiger partial charge >= 0.3 is 11.5 Å². The highest BCUT2D eigenvalue weighted by Gasteiger charge is 2.31. The Kier molecular flexibility index (Phi) is 8.45. The van der Waals surface area contributed by atoms with Gasteiger partial charge in [-0.1, -0.05) is 51.1 Å². The Morgan fingerprint density at radius 3 is 1.96 bits per heavy atom. The first kappa shape index (κ1) is 31.7. The second kappa shape index (κ2) is 12.0. The van der Waals surface area contributed by atoms with Crippen LogP contribution in [0.1, 0.15) is 65.4 Å². The van der Waals surface area contributed by atoms with Crippen molar-refractivity contribution < 1.29 is 18.6 Å². The van der Waals surface area contributed by atoms with Crippen LogP contribution in [0.2, 0.25) is 0 Å². The SMILES string of the molecule is COc1ccccc1C1=CC(C=c2c(=O)c(=C(C)c3cc(-c4ccccc4OC)[o+]c(C(C)(C)C)c3)c2=O)C=C(C(C)(C)C)O1. The maximum Gasteiger partial charge on any atom is 0.364 e. The lowest BCUT2D eigenvalue weighted by molar-refractivity contribution is 0.256. The number of hydrogen-bond acceptors (Lipinski definition) is 5. The summed E-state index contributed by atoms with van der Waals surface area (Å²) in [6.45, 7) is 14.2. The summed E-state index contributed by atoms with van der Waals surface area (Å²) in [6, 6.07) is 19.0. The van der Waals surface area contributed by atoms with Crippen molar-refractivity contribution in [3.8, 4) is 22.8 Å². The number of methoxy groups -OCH3 is 2. The van der Waals surface area contributed by atoms with Crippen LogP contribution in [0.5, 0.6) is 11.5 Å². The first-order chi connectivity index (χ1) is 21.2. The topological polar surface area (TPSA) is 73.1 Å². The molecule has 0 aliphatic carbocycles. The zero-order valence-corrected chi connectivity index (χ0v) is 27.5. The van der Waals surface area contributed by atoms with Crippen molar-refractivity contribution >= 4 is 17.4 Å². The van der Waals surface area contributed by atoms with Crippen LogP contribution < -0.4 is 30.8 Å². The Morgan fingerprint density at radius 2 is 1.38 bits per heavy atom. The van der Waals surface area contributed by atoms with Crippen molar-refractivity contribution in [3.63, 3.8) is 0 Å². The summed E-state index contributed by atoms with van der Waals surface area (Å²) in [5, 5.41) is 0.373. The van der Waals surface area contributed by atoms with E-state index in [1.807, 2.05) is 79.7 Å². The number of allylic oxidation sites excluding steroid dienone is 3. The second-order valence-corrected chi connectivity index (χ2v) is 13.5. The Bertz CT molecular complexity index is 1990. The molecule has 0 saturated heterocycles. The van der Waals surface area contributed by atoms with E-state index in [0.717, 1.165) is 28.2 Å². The normalized spacial score (nSPS) is 15.2. The molecule has 4 aromatic rings. The first-order valence-electron chi connectivity index (χ1n) is 15.1. The zero-order valence-electron chi connectivity index (χ0n) is 27.5. The van der Waals surface area contributed by atoms with Crippen LogP contribution in [0, 0.1) is 11.3 Å². The molecule has 232 valence electrons. The van der Waals surface area contributed by atoms with E-state index in [-0.39, 0.29) is 38.0 Å². The third-order valence-electron chi connectivity index (χ3n) is 8.03. The van der Waals surface area contributed by atoms with Crippen molar-refractivity contribution in [2.24, 2.45) is 11.3 Å². The van der Waals surface area contributed by atoms with Crippen LogP contribution in [0.25, 0.3) is 28.7 Å². The van der Waals surface area contributed by atoms with Crippen LogP contribution in [0.3, 0.4) is 0 Å². The van der Waals surface area contributed by atoms with Gasteiger partial charge in [0.15, 0.2) is 0 Å². The van der Waals surface area contributed by atoms with Gasteiger partial charge < -0.3 is 14.2 Å². The molecule has 1 aromatic heterocycles. The lowest BCUT2D eigenvalue weighted by Gasteiger charge is -2.29. The molecular weight excluding hydrogens is 564 g/mol. The predicted molar refractivity (Wildman–Crippen MR) is 180 cm³/mol. The highest BCUT2D eigenvalue weighted by Crippen LogP contribution is 2.39. The number of benzene rings is 2. The summed E-state index contributed by atoms with van der Waals surface area (Å²) < 4.78 is 23.9. The van der Waals surface area contributed by atoms with Crippen LogP contribution in [-0.4, -0.2) is 14.2 Å². The molecule has 0 N–H and O–H groups in total. The molecule has 0 spiro atoms. The number of hydrogen-bond donors (Lipinski definition) is 0. The highest BCUT2D eigenvalue weighted by atomic mass is 16.5. The van der Waals surface area contributed by atoms with Gasteiger partial charge in [0.2, 0.25) is 10.9 Å². The van der Waals surface area contributed by atoms with Gasteiger partial charge in [-0.15, -0.1) is 0 Å². The van der Waals surface area contributed by atoms with Gasteiger partial charge in [0.1, 0.15) is 28.6 Å². The van der Waals surface area contributed by atoms with Crippen molar-refractivity contribution in [2.45, 2.75) is 53.9 Å². The van der Waals surface area contributed by atoms with Crippen LogP contribution in [-0.2, 0) is 10.2 Å². The second-order valence-electron chi connectivity index (χ2n) is 13.5. The minimum absolute atomic E-state index is 0.179. The molecule has 0 fully saturated rings. The van der Waals surface area contributed by atoms with E-state index in [2.05, 4.69) is 41.5 Å². The molecule has 1 atom stereocenters. The molecule has 3 aromatic carbocycles. The standard InChI is InChI=1S/C39H41O6/c1-23(25-21-32(45-34(22-25)39(5,6)7)27-15-11-13-17-30(27)43-9)35-36(40)28(37(35)41)18-24-19-31(44-33(20-24)38(2,3)4)26-14-10-12-16-29(26)42-8/h10-22,24H,1-9H3/q+1. The zero-order chi connectivity index (χ0) is 32.7. The fourth-order valence-electron chi connectivity index (χ4n) is 5.39. The third kappa shape index (κ3) is 6.28. The third-order valence-corrected chi connectivity index (χ3v) is 8.03. The van der Waals surface area contributed by atoms with E-state index in [0.29, 0.717) is 28.6 Å². The van der Waals surface area contributed by atoms with E-state index in [1.54, 1.807) is 20.3 Å². The molecule has 0 bridgehead atoms. The predicted octanol–water partition coefficient (Wildman–Crippen LogP) is 6.76. The van der Waals surface area contributed by atoms with Gasteiger partial charge in [0.25, 0.3) is 0 Å². The summed E-state index contributed by atoms with van der Waals surface area (Å²) in [6.07, 6.45) is 5.63. The molecule has 0 saturated carbocycles. The van der Waals surface area contributed by atoms with E-state index >= 15 is 0 Å². The minimum Gasteiger partial charge on any atom is -0.496 e. The largest absolute Gasteiger partial charge is 0.496 e.